The van der Waals surface area contributed by atoms with Gasteiger partial charge in [0.15, 0.2) is 11.5 Å². The van der Waals surface area contributed by atoms with Crippen LogP contribution in [-0.4, -0.2) is 36.8 Å². The number of benzene rings is 1. The van der Waals surface area contributed by atoms with Crippen LogP contribution in [0.2, 0.25) is 0 Å². The maximum absolute atomic E-state index is 5.50. The second-order valence-corrected chi connectivity index (χ2v) is 7.84. The predicted octanol–water partition coefficient (Wildman–Crippen LogP) is 4.14. The molecule has 2 heterocycles. The molecule has 4 rings (SSSR count). The van der Waals surface area contributed by atoms with Gasteiger partial charge in [-0.2, -0.15) is 0 Å². The Morgan fingerprint density at radius 1 is 1.11 bits per heavy atom. The van der Waals surface area contributed by atoms with E-state index in [-0.39, 0.29) is 0 Å². The first kappa shape index (κ1) is 18.8. The Morgan fingerprint density at radius 3 is 2.46 bits per heavy atom. The topological polar surface area (TPSA) is 59.5 Å². The van der Waals surface area contributed by atoms with Gasteiger partial charge in [-0.1, -0.05) is 6.92 Å². The van der Waals surface area contributed by atoms with Crippen LogP contribution in [0.3, 0.4) is 0 Å². The van der Waals surface area contributed by atoms with Gasteiger partial charge in [0.2, 0.25) is 0 Å². The maximum Gasteiger partial charge on any atom is 0.161 e. The van der Waals surface area contributed by atoms with Crippen molar-refractivity contribution in [2.24, 2.45) is 0 Å². The lowest BCUT2D eigenvalue weighted by Gasteiger charge is -2.31. The quantitative estimate of drug-likeness (QED) is 0.776. The molecule has 6 heteroatoms. The van der Waals surface area contributed by atoms with Crippen LogP contribution >= 0.6 is 0 Å². The van der Waals surface area contributed by atoms with E-state index in [1.165, 1.54) is 24.0 Å². The number of ether oxygens (including phenoxy) is 2. The van der Waals surface area contributed by atoms with Crippen molar-refractivity contribution in [3.05, 3.63) is 35.2 Å². The molecule has 28 heavy (non-hydrogen) atoms. The minimum atomic E-state index is 0.397. The molecule has 0 saturated heterocycles. The molecule has 0 spiro atoms. The molecule has 1 aliphatic carbocycles. The molecule has 1 N–H and O–H groups in total. The number of fused-ring (bicyclic) bond motifs is 1. The highest BCUT2D eigenvalue weighted by molar-refractivity contribution is 5.55. The lowest BCUT2D eigenvalue weighted by molar-refractivity contribution is 0.353. The van der Waals surface area contributed by atoms with Crippen LogP contribution in [0.4, 0.5) is 11.6 Å². The third-order valence-electron chi connectivity index (χ3n) is 5.72. The third kappa shape index (κ3) is 3.86. The lowest BCUT2D eigenvalue weighted by atomic mass is 9.99. The van der Waals surface area contributed by atoms with Crippen LogP contribution in [0.5, 0.6) is 11.5 Å². The summed E-state index contributed by atoms with van der Waals surface area (Å²) < 4.78 is 11.0. The van der Waals surface area contributed by atoms with E-state index >= 15 is 0 Å². The van der Waals surface area contributed by atoms with Gasteiger partial charge >= 0.3 is 0 Å². The van der Waals surface area contributed by atoms with Gasteiger partial charge in [-0.3, -0.25) is 0 Å². The van der Waals surface area contributed by atoms with Crippen molar-refractivity contribution < 1.29 is 9.47 Å². The average Bonchev–Trinajstić information content (AvgIpc) is 3.57. The van der Waals surface area contributed by atoms with Crippen LogP contribution in [0.25, 0.3) is 0 Å². The highest BCUT2D eigenvalue weighted by Crippen LogP contribution is 2.40. The first-order chi connectivity index (χ1) is 13.6. The Morgan fingerprint density at radius 2 is 1.82 bits per heavy atom. The van der Waals surface area contributed by atoms with Gasteiger partial charge in [-0.25, -0.2) is 9.97 Å². The standard InChI is InChI=1S/C22H30N4O2/c1-5-14(2)23-20-12-21(25-22(24-20)15-6-7-15)26-9-8-16-10-18(27-3)19(28-4)11-17(16)13-26/h10-12,14-15H,5-9,13H2,1-4H3,(H,23,24,25)/t14-/m0/s1. The third-order valence-corrected chi connectivity index (χ3v) is 5.72. The van der Waals surface area contributed by atoms with Crippen molar-refractivity contribution in [2.75, 3.05) is 31.0 Å². The molecule has 1 saturated carbocycles. The van der Waals surface area contributed by atoms with Crippen molar-refractivity contribution in [3.8, 4) is 11.5 Å². The van der Waals surface area contributed by atoms with Gasteiger partial charge in [0.25, 0.3) is 0 Å². The van der Waals surface area contributed by atoms with Gasteiger partial charge in [0.1, 0.15) is 17.5 Å². The molecular weight excluding hydrogens is 352 g/mol. The summed E-state index contributed by atoms with van der Waals surface area (Å²) in [7, 11) is 3.37. The molecule has 0 unspecified atom stereocenters. The Bertz CT molecular complexity index is 851. The summed E-state index contributed by atoms with van der Waals surface area (Å²) in [6.07, 6.45) is 4.43. The van der Waals surface area contributed by atoms with E-state index in [1.807, 2.05) is 0 Å². The molecule has 2 aromatic rings. The van der Waals surface area contributed by atoms with Gasteiger partial charge in [-0.15, -0.1) is 0 Å². The van der Waals surface area contributed by atoms with E-state index in [4.69, 9.17) is 19.4 Å². The number of aromatic nitrogens is 2. The predicted molar refractivity (Wildman–Crippen MR) is 112 cm³/mol. The number of anilines is 2. The fourth-order valence-corrected chi connectivity index (χ4v) is 3.65. The largest absolute Gasteiger partial charge is 0.493 e. The van der Waals surface area contributed by atoms with Gasteiger partial charge < -0.3 is 19.7 Å². The number of hydrogen-bond acceptors (Lipinski definition) is 6. The minimum Gasteiger partial charge on any atom is -0.493 e. The van der Waals surface area contributed by atoms with Crippen LogP contribution in [0.15, 0.2) is 18.2 Å². The van der Waals surface area contributed by atoms with E-state index in [0.717, 1.165) is 54.9 Å². The Hall–Kier alpha value is -2.50. The molecule has 0 amide bonds. The number of nitrogens with one attached hydrogen (secondary N) is 1. The molecule has 1 aromatic carbocycles. The molecule has 0 bridgehead atoms. The number of rotatable bonds is 7. The minimum absolute atomic E-state index is 0.397. The number of hydrogen-bond donors (Lipinski definition) is 1. The average molecular weight is 383 g/mol. The van der Waals surface area contributed by atoms with Crippen LogP contribution in [0.1, 0.15) is 56.0 Å². The summed E-state index contributed by atoms with van der Waals surface area (Å²) in [5, 5.41) is 3.53. The summed E-state index contributed by atoms with van der Waals surface area (Å²) in [6.45, 7) is 6.13. The Balaban J connectivity index is 1.62. The zero-order valence-electron chi connectivity index (χ0n) is 17.3. The normalized spacial score (nSPS) is 17.1. The number of nitrogens with zero attached hydrogens (tertiary/aromatic N) is 3. The maximum atomic E-state index is 5.50. The first-order valence-corrected chi connectivity index (χ1v) is 10.3. The zero-order chi connectivity index (χ0) is 19.7. The molecular formula is C22H30N4O2. The van der Waals surface area contributed by atoms with E-state index in [1.54, 1.807) is 14.2 Å². The van der Waals surface area contributed by atoms with Crippen molar-refractivity contribution in [1.29, 1.82) is 0 Å². The van der Waals surface area contributed by atoms with Crippen LogP contribution in [-0.2, 0) is 13.0 Å². The van der Waals surface area contributed by atoms with Gasteiger partial charge in [-0.05, 0) is 55.9 Å². The van der Waals surface area contributed by atoms with Gasteiger partial charge in [0.05, 0.1) is 14.2 Å². The van der Waals surface area contributed by atoms with Crippen LogP contribution in [0, 0.1) is 0 Å². The number of methoxy groups -OCH3 is 2. The lowest BCUT2D eigenvalue weighted by Crippen LogP contribution is -2.31. The fraction of sp³-hybridized carbons (Fsp3) is 0.545. The molecule has 1 fully saturated rings. The SMILES string of the molecule is CC[C@H](C)Nc1cc(N2CCc3cc(OC)c(OC)cc3C2)nc(C2CC2)n1. The molecule has 150 valence electrons. The molecule has 1 aromatic heterocycles. The molecule has 1 aliphatic heterocycles. The summed E-state index contributed by atoms with van der Waals surface area (Å²) in [6, 6.07) is 6.70. The summed E-state index contributed by atoms with van der Waals surface area (Å²) >= 11 is 0. The molecule has 0 radical (unpaired) electrons. The molecule has 6 nitrogen and oxygen atoms in total. The van der Waals surface area contributed by atoms with E-state index in [0.29, 0.717) is 12.0 Å². The highest BCUT2D eigenvalue weighted by atomic mass is 16.5. The summed E-state index contributed by atoms with van der Waals surface area (Å²) in [5.41, 5.74) is 2.59. The Kier molecular flexibility index (Phi) is 5.29. The fourth-order valence-electron chi connectivity index (χ4n) is 3.65. The van der Waals surface area contributed by atoms with E-state index in [2.05, 4.69) is 42.3 Å². The van der Waals surface area contributed by atoms with Crippen molar-refractivity contribution in [3.63, 3.8) is 0 Å². The zero-order valence-corrected chi connectivity index (χ0v) is 17.3. The monoisotopic (exact) mass is 382 g/mol. The van der Waals surface area contributed by atoms with Crippen molar-refractivity contribution >= 4 is 11.6 Å². The van der Waals surface area contributed by atoms with Crippen molar-refractivity contribution in [1.82, 2.24) is 9.97 Å². The second-order valence-electron chi connectivity index (χ2n) is 7.84. The summed E-state index contributed by atoms with van der Waals surface area (Å²) in [5.74, 6) is 5.05. The van der Waals surface area contributed by atoms with E-state index in [9.17, 15) is 0 Å². The van der Waals surface area contributed by atoms with Gasteiger partial charge in [0, 0.05) is 31.1 Å². The second kappa shape index (κ2) is 7.86. The molecule has 1 atom stereocenters. The van der Waals surface area contributed by atoms with Crippen molar-refractivity contribution in [2.45, 2.75) is 58.0 Å². The molecule has 2 aliphatic rings. The highest BCUT2D eigenvalue weighted by Gasteiger charge is 2.29. The first-order valence-electron chi connectivity index (χ1n) is 10.3. The Labute approximate surface area is 167 Å². The smallest absolute Gasteiger partial charge is 0.161 e. The van der Waals surface area contributed by atoms with Crippen LogP contribution < -0.4 is 19.7 Å². The summed E-state index contributed by atoms with van der Waals surface area (Å²) in [4.78, 5) is 12.1. The van der Waals surface area contributed by atoms with E-state index < -0.39 is 0 Å².